The Morgan fingerprint density at radius 3 is 2.47 bits per heavy atom. The molecule has 2 aromatic rings. The first-order valence-electron chi connectivity index (χ1n) is 5.35. The van der Waals surface area contributed by atoms with Crippen LogP contribution in [0.15, 0.2) is 53.0 Å². The van der Waals surface area contributed by atoms with Crippen LogP contribution in [0.4, 0.5) is 0 Å². The minimum atomic E-state index is 0.0372. The maximum Gasteiger partial charge on any atom is 0.120 e. The zero-order chi connectivity index (χ0) is 12.1. The normalized spacial score (nSPS) is 10.2. The fourth-order valence-corrected chi connectivity index (χ4v) is 1.75. The molecule has 0 radical (unpaired) electrons. The maximum atomic E-state index is 9.02. The summed E-state index contributed by atoms with van der Waals surface area (Å²) in [5.41, 5.74) is 1.97. The quantitative estimate of drug-likeness (QED) is 0.934. The second kappa shape index (κ2) is 5.84. The molecule has 88 valence electrons. The molecule has 0 aliphatic carbocycles. The van der Waals surface area contributed by atoms with Crippen LogP contribution in [0.1, 0.15) is 11.1 Å². The van der Waals surface area contributed by atoms with E-state index in [0.29, 0.717) is 6.61 Å². The molecule has 0 aliphatic rings. The molecule has 0 bridgehead atoms. The summed E-state index contributed by atoms with van der Waals surface area (Å²) in [7, 11) is 0. The Morgan fingerprint density at radius 1 is 1.00 bits per heavy atom. The molecule has 0 aliphatic heterocycles. The average Bonchev–Trinajstić information content (AvgIpc) is 2.38. The third-order valence-corrected chi connectivity index (χ3v) is 2.93. The molecule has 0 unspecified atom stereocenters. The van der Waals surface area contributed by atoms with Gasteiger partial charge in [-0.2, -0.15) is 0 Å². The van der Waals surface area contributed by atoms with Gasteiger partial charge in [0.2, 0.25) is 0 Å². The lowest BCUT2D eigenvalue weighted by Gasteiger charge is -2.07. The molecule has 0 spiro atoms. The molecule has 0 fully saturated rings. The molecule has 0 saturated heterocycles. The van der Waals surface area contributed by atoms with Gasteiger partial charge in [0.1, 0.15) is 12.4 Å². The van der Waals surface area contributed by atoms with Crippen LogP contribution in [0.5, 0.6) is 5.75 Å². The molecule has 0 aromatic heterocycles. The third-order valence-electron chi connectivity index (χ3n) is 2.40. The molecule has 3 heteroatoms. The largest absolute Gasteiger partial charge is 0.489 e. The van der Waals surface area contributed by atoms with Crippen molar-refractivity contribution in [3.05, 3.63) is 64.1 Å². The SMILES string of the molecule is OCc1cccc(OCc2ccc(Br)cc2)c1. The van der Waals surface area contributed by atoms with E-state index in [9.17, 15) is 0 Å². The van der Waals surface area contributed by atoms with Crippen molar-refractivity contribution in [1.29, 1.82) is 0 Å². The van der Waals surface area contributed by atoms with Crippen LogP contribution < -0.4 is 4.74 Å². The molecule has 2 aromatic carbocycles. The van der Waals surface area contributed by atoms with Gasteiger partial charge in [0, 0.05) is 4.47 Å². The van der Waals surface area contributed by atoms with Crippen molar-refractivity contribution in [3.8, 4) is 5.75 Å². The number of hydrogen-bond donors (Lipinski definition) is 1. The van der Waals surface area contributed by atoms with Crippen LogP contribution >= 0.6 is 15.9 Å². The van der Waals surface area contributed by atoms with Gasteiger partial charge < -0.3 is 9.84 Å². The second-order valence-corrected chi connectivity index (χ2v) is 4.64. The number of aliphatic hydroxyl groups is 1. The molecule has 0 amide bonds. The second-order valence-electron chi connectivity index (χ2n) is 3.72. The Balaban J connectivity index is 1.99. The Hall–Kier alpha value is -1.32. The number of aliphatic hydroxyl groups excluding tert-OH is 1. The molecule has 1 N–H and O–H groups in total. The number of halogens is 1. The van der Waals surface area contributed by atoms with Crippen molar-refractivity contribution < 1.29 is 9.84 Å². The summed E-state index contributed by atoms with van der Waals surface area (Å²) in [5.74, 6) is 0.777. The molecule has 0 heterocycles. The van der Waals surface area contributed by atoms with Gasteiger partial charge in [0.15, 0.2) is 0 Å². The average molecular weight is 293 g/mol. The van der Waals surface area contributed by atoms with Crippen molar-refractivity contribution in [2.75, 3.05) is 0 Å². The maximum absolute atomic E-state index is 9.02. The van der Waals surface area contributed by atoms with E-state index in [4.69, 9.17) is 9.84 Å². The lowest BCUT2D eigenvalue weighted by Crippen LogP contribution is -1.95. The first-order chi connectivity index (χ1) is 8.28. The van der Waals surface area contributed by atoms with E-state index in [2.05, 4.69) is 15.9 Å². The molecule has 0 saturated carbocycles. The molecular weight excluding hydrogens is 280 g/mol. The van der Waals surface area contributed by atoms with Crippen LogP contribution in [0, 0.1) is 0 Å². The number of ether oxygens (including phenoxy) is 1. The van der Waals surface area contributed by atoms with Crippen molar-refractivity contribution in [2.45, 2.75) is 13.2 Å². The van der Waals surface area contributed by atoms with Gasteiger partial charge >= 0.3 is 0 Å². The monoisotopic (exact) mass is 292 g/mol. The molecule has 2 rings (SSSR count). The van der Waals surface area contributed by atoms with E-state index in [1.54, 1.807) is 0 Å². The highest BCUT2D eigenvalue weighted by Gasteiger charge is 1.97. The topological polar surface area (TPSA) is 29.5 Å². The summed E-state index contributed by atoms with van der Waals surface area (Å²) < 4.78 is 6.71. The van der Waals surface area contributed by atoms with E-state index in [-0.39, 0.29) is 6.61 Å². The molecular formula is C14H13BrO2. The number of benzene rings is 2. The Labute approximate surface area is 109 Å². The van der Waals surface area contributed by atoms with Gasteiger partial charge in [-0.05, 0) is 35.4 Å². The smallest absolute Gasteiger partial charge is 0.120 e. The number of hydrogen-bond acceptors (Lipinski definition) is 2. The van der Waals surface area contributed by atoms with Crippen LogP contribution in [0.3, 0.4) is 0 Å². The summed E-state index contributed by atoms with van der Waals surface area (Å²) in [6, 6.07) is 15.5. The predicted octanol–water partition coefficient (Wildman–Crippen LogP) is 3.52. The zero-order valence-corrected chi connectivity index (χ0v) is 10.9. The molecule has 17 heavy (non-hydrogen) atoms. The highest BCUT2D eigenvalue weighted by molar-refractivity contribution is 9.10. The molecule has 0 atom stereocenters. The summed E-state index contributed by atoms with van der Waals surface area (Å²) in [6.07, 6.45) is 0. The first kappa shape index (κ1) is 12.1. The van der Waals surface area contributed by atoms with E-state index in [1.165, 1.54) is 0 Å². The van der Waals surface area contributed by atoms with Crippen molar-refractivity contribution in [1.82, 2.24) is 0 Å². The lowest BCUT2D eigenvalue weighted by molar-refractivity contribution is 0.278. The minimum absolute atomic E-state index is 0.0372. The summed E-state index contributed by atoms with van der Waals surface area (Å²) in [5, 5.41) is 9.02. The Bertz CT molecular complexity index is 480. The lowest BCUT2D eigenvalue weighted by atomic mass is 10.2. The van der Waals surface area contributed by atoms with Crippen molar-refractivity contribution >= 4 is 15.9 Å². The van der Waals surface area contributed by atoms with Gasteiger partial charge in [0.05, 0.1) is 6.61 Å². The van der Waals surface area contributed by atoms with E-state index in [1.807, 2.05) is 48.5 Å². The van der Waals surface area contributed by atoms with E-state index in [0.717, 1.165) is 21.3 Å². The van der Waals surface area contributed by atoms with Crippen LogP contribution in [-0.4, -0.2) is 5.11 Å². The number of rotatable bonds is 4. The van der Waals surface area contributed by atoms with Crippen LogP contribution in [-0.2, 0) is 13.2 Å². The summed E-state index contributed by atoms with van der Waals surface area (Å²) >= 11 is 3.39. The Morgan fingerprint density at radius 2 is 1.76 bits per heavy atom. The standard InChI is InChI=1S/C14H13BrO2/c15-13-6-4-11(5-7-13)10-17-14-3-1-2-12(8-14)9-16/h1-8,16H,9-10H2. The van der Waals surface area contributed by atoms with Gasteiger partial charge in [0.25, 0.3) is 0 Å². The summed E-state index contributed by atoms with van der Waals surface area (Å²) in [6.45, 7) is 0.567. The van der Waals surface area contributed by atoms with Gasteiger partial charge in [-0.15, -0.1) is 0 Å². The van der Waals surface area contributed by atoms with E-state index >= 15 is 0 Å². The fourth-order valence-electron chi connectivity index (χ4n) is 1.48. The Kier molecular flexibility index (Phi) is 4.18. The predicted molar refractivity (Wildman–Crippen MR) is 70.8 cm³/mol. The summed E-state index contributed by atoms with van der Waals surface area (Å²) in [4.78, 5) is 0. The highest BCUT2D eigenvalue weighted by atomic mass is 79.9. The van der Waals surface area contributed by atoms with Crippen molar-refractivity contribution in [2.24, 2.45) is 0 Å². The van der Waals surface area contributed by atoms with Gasteiger partial charge in [-0.3, -0.25) is 0 Å². The van der Waals surface area contributed by atoms with Crippen molar-refractivity contribution in [3.63, 3.8) is 0 Å². The van der Waals surface area contributed by atoms with E-state index < -0.39 is 0 Å². The van der Waals surface area contributed by atoms with Crippen LogP contribution in [0.2, 0.25) is 0 Å². The highest BCUT2D eigenvalue weighted by Crippen LogP contribution is 2.16. The van der Waals surface area contributed by atoms with Crippen LogP contribution in [0.25, 0.3) is 0 Å². The first-order valence-corrected chi connectivity index (χ1v) is 6.14. The molecule has 2 nitrogen and oxygen atoms in total. The van der Waals surface area contributed by atoms with Gasteiger partial charge in [-0.1, -0.05) is 40.2 Å². The zero-order valence-electron chi connectivity index (χ0n) is 9.27. The van der Waals surface area contributed by atoms with Gasteiger partial charge in [-0.25, -0.2) is 0 Å². The fraction of sp³-hybridized carbons (Fsp3) is 0.143. The third kappa shape index (κ3) is 3.58. The minimum Gasteiger partial charge on any atom is -0.489 e.